The summed E-state index contributed by atoms with van der Waals surface area (Å²) in [5.74, 6) is 5.14. The predicted molar refractivity (Wildman–Crippen MR) is 77.0 cm³/mol. The number of halogens is 4. The molecule has 0 fully saturated rings. The third-order valence-electron chi connectivity index (χ3n) is 2.73. The van der Waals surface area contributed by atoms with E-state index in [9.17, 15) is 4.39 Å². The zero-order valence-electron chi connectivity index (χ0n) is 9.63. The molecule has 2 rings (SSSR count). The Morgan fingerprint density at radius 2 is 1.74 bits per heavy atom. The minimum absolute atomic E-state index is 0.354. The van der Waals surface area contributed by atoms with Crippen LogP contribution in [0.3, 0.4) is 0 Å². The molecule has 2 nitrogen and oxygen atoms in total. The summed E-state index contributed by atoms with van der Waals surface area (Å²) in [7, 11) is 0. The Hall–Kier alpha value is -0.840. The van der Waals surface area contributed by atoms with Crippen molar-refractivity contribution in [1.82, 2.24) is 5.43 Å². The molecular formula is C13H10Cl3FN2. The standard InChI is InChI=1S/C13H10Cl3FN2/c14-10-5-4-7(17)6-9(10)13(19-18)8-2-1-3-11(15)12(8)16/h1-6,13,19H,18H2. The van der Waals surface area contributed by atoms with Crippen LogP contribution in [0.2, 0.25) is 15.1 Å². The molecule has 3 N–H and O–H groups in total. The van der Waals surface area contributed by atoms with Gasteiger partial charge in [0.05, 0.1) is 16.1 Å². The van der Waals surface area contributed by atoms with Crippen molar-refractivity contribution in [3.63, 3.8) is 0 Å². The van der Waals surface area contributed by atoms with Crippen LogP contribution in [0.15, 0.2) is 36.4 Å². The molecule has 0 spiro atoms. The molecule has 0 bridgehead atoms. The topological polar surface area (TPSA) is 38.0 Å². The third kappa shape index (κ3) is 3.02. The van der Waals surface area contributed by atoms with Gasteiger partial charge in [0.15, 0.2) is 0 Å². The van der Waals surface area contributed by atoms with E-state index in [0.29, 0.717) is 26.2 Å². The number of rotatable bonds is 3. The molecule has 0 saturated carbocycles. The van der Waals surface area contributed by atoms with Crippen LogP contribution >= 0.6 is 34.8 Å². The van der Waals surface area contributed by atoms with E-state index in [-0.39, 0.29) is 0 Å². The lowest BCUT2D eigenvalue weighted by atomic mass is 9.99. The van der Waals surface area contributed by atoms with E-state index >= 15 is 0 Å². The van der Waals surface area contributed by atoms with Gasteiger partial charge in [0.1, 0.15) is 5.82 Å². The first-order valence-corrected chi connectivity index (χ1v) is 6.53. The highest BCUT2D eigenvalue weighted by Crippen LogP contribution is 2.35. The first-order chi connectivity index (χ1) is 9.04. The van der Waals surface area contributed by atoms with Crippen molar-refractivity contribution in [3.8, 4) is 0 Å². The smallest absolute Gasteiger partial charge is 0.123 e. The Kier molecular flexibility index (Phi) is 4.66. The summed E-state index contributed by atoms with van der Waals surface area (Å²) < 4.78 is 13.4. The van der Waals surface area contributed by atoms with Gasteiger partial charge in [-0.25, -0.2) is 9.82 Å². The number of hydrogen-bond donors (Lipinski definition) is 2. The van der Waals surface area contributed by atoms with Crippen molar-refractivity contribution in [3.05, 3.63) is 68.4 Å². The summed E-state index contributed by atoms with van der Waals surface area (Å²) in [5.41, 5.74) is 3.70. The highest BCUT2D eigenvalue weighted by atomic mass is 35.5. The molecule has 0 aliphatic heterocycles. The van der Waals surface area contributed by atoms with E-state index in [1.165, 1.54) is 18.2 Å². The molecule has 1 atom stereocenters. The van der Waals surface area contributed by atoms with Gasteiger partial charge in [-0.1, -0.05) is 46.9 Å². The molecule has 2 aromatic carbocycles. The Bertz CT molecular complexity index is 602. The average molecular weight is 320 g/mol. The van der Waals surface area contributed by atoms with Gasteiger partial charge in [-0.15, -0.1) is 0 Å². The fourth-order valence-electron chi connectivity index (χ4n) is 1.83. The summed E-state index contributed by atoms with van der Waals surface area (Å²) in [5, 5.41) is 1.14. The second kappa shape index (κ2) is 6.07. The third-order valence-corrected chi connectivity index (χ3v) is 3.91. The largest absolute Gasteiger partial charge is 0.271 e. The van der Waals surface area contributed by atoms with Crippen molar-refractivity contribution >= 4 is 34.8 Å². The molecule has 0 heterocycles. The van der Waals surface area contributed by atoms with Crippen LogP contribution in [-0.2, 0) is 0 Å². The molecule has 100 valence electrons. The van der Waals surface area contributed by atoms with Crippen LogP contribution < -0.4 is 11.3 Å². The van der Waals surface area contributed by atoms with Gasteiger partial charge < -0.3 is 0 Å². The van der Waals surface area contributed by atoms with Gasteiger partial charge >= 0.3 is 0 Å². The second-order valence-corrected chi connectivity index (χ2v) is 5.10. The summed E-state index contributed by atoms with van der Waals surface area (Å²) in [6.07, 6.45) is 0. The average Bonchev–Trinajstić information content (AvgIpc) is 2.39. The molecule has 0 aliphatic carbocycles. The van der Waals surface area contributed by atoms with Gasteiger partial charge in [0.25, 0.3) is 0 Å². The van der Waals surface area contributed by atoms with Crippen LogP contribution in [0.4, 0.5) is 4.39 Å². The maximum absolute atomic E-state index is 13.4. The van der Waals surface area contributed by atoms with Gasteiger partial charge in [-0.3, -0.25) is 5.84 Å². The number of benzene rings is 2. The number of hydrogen-bond acceptors (Lipinski definition) is 2. The lowest BCUT2D eigenvalue weighted by Crippen LogP contribution is -2.29. The van der Waals surface area contributed by atoms with E-state index in [0.717, 1.165) is 0 Å². The summed E-state index contributed by atoms with van der Waals surface area (Å²) in [4.78, 5) is 0. The Morgan fingerprint density at radius 1 is 1.00 bits per heavy atom. The van der Waals surface area contributed by atoms with Crippen LogP contribution in [-0.4, -0.2) is 0 Å². The van der Waals surface area contributed by atoms with Crippen molar-refractivity contribution < 1.29 is 4.39 Å². The quantitative estimate of drug-likeness (QED) is 0.652. The highest BCUT2D eigenvalue weighted by Gasteiger charge is 2.20. The Balaban J connectivity index is 2.56. The maximum Gasteiger partial charge on any atom is 0.123 e. The van der Waals surface area contributed by atoms with Gasteiger partial charge in [0.2, 0.25) is 0 Å². The normalized spacial score (nSPS) is 12.5. The van der Waals surface area contributed by atoms with E-state index in [2.05, 4.69) is 5.43 Å². The van der Waals surface area contributed by atoms with E-state index < -0.39 is 11.9 Å². The number of hydrazine groups is 1. The molecule has 0 saturated heterocycles. The van der Waals surface area contributed by atoms with E-state index in [1.807, 2.05) is 0 Å². The molecule has 2 aromatic rings. The number of nitrogens with two attached hydrogens (primary N) is 1. The maximum atomic E-state index is 13.4. The van der Waals surface area contributed by atoms with Crippen molar-refractivity contribution in [2.24, 2.45) is 5.84 Å². The highest BCUT2D eigenvalue weighted by molar-refractivity contribution is 6.42. The first kappa shape index (κ1) is 14.6. The minimum Gasteiger partial charge on any atom is -0.271 e. The zero-order chi connectivity index (χ0) is 14.0. The monoisotopic (exact) mass is 318 g/mol. The van der Waals surface area contributed by atoms with Gasteiger partial charge in [0, 0.05) is 5.02 Å². The van der Waals surface area contributed by atoms with E-state index in [4.69, 9.17) is 40.6 Å². The summed E-state index contributed by atoms with van der Waals surface area (Å²) in [6, 6.07) is 8.65. The second-order valence-electron chi connectivity index (χ2n) is 3.91. The molecule has 6 heteroatoms. The molecule has 0 aliphatic rings. The van der Waals surface area contributed by atoms with Crippen LogP contribution in [0.1, 0.15) is 17.2 Å². The minimum atomic E-state index is -0.547. The van der Waals surface area contributed by atoms with Gasteiger partial charge in [-0.2, -0.15) is 0 Å². The van der Waals surface area contributed by atoms with E-state index in [1.54, 1.807) is 18.2 Å². The Morgan fingerprint density at radius 3 is 2.42 bits per heavy atom. The lowest BCUT2D eigenvalue weighted by molar-refractivity contribution is 0.605. The first-order valence-electron chi connectivity index (χ1n) is 5.39. The number of nitrogens with one attached hydrogen (secondary N) is 1. The molecule has 0 aromatic heterocycles. The summed E-state index contributed by atoms with van der Waals surface area (Å²) in [6.45, 7) is 0. The van der Waals surface area contributed by atoms with Crippen molar-refractivity contribution in [2.75, 3.05) is 0 Å². The molecule has 1 unspecified atom stereocenters. The molecular weight excluding hydrogens is 310 g/mol. The lowest BCUT2D eigenvalue weighted by Gasteiger charge is -2.20. The van der Waals surface area contributed by atoms with Crippen molar-refractivity contribution in [1.29, 1.82) is 0 Å². The SMILES string of the molecule is NNC(c1cc(F)ccc1Cl)c1cccc(Cl)c1Cl. The van der Waals surface area contributed by atoms with Crippen LogP contribution in [0.5, 0.6) is 0 Å². The van der Waals surface area contributed by atoms with Crippen LogP contribution in [0.25, 0.3) is 0 Å². The fourth-order valence-corrected chi connectivity index (χ4v) is 2.47. The molecule has 0 radical (unpaired) electrons. The van der Waals surface area contributed by atoms with Crippen LogP contribution in [0, 0.1) is 5.82 Å². The zero-order valence-corrected chi connectivity index (χ0v) is 11.9. The Labute approximate surface area is 125 Å². The molecule has 19 heavy (non-hydrogen) atoms. The predicted octanol–water partition coefficient (Wildman–Crippen LogP) is 4.34. The summed E-state index contributed by atoms with van der Waals surface area (Å²) >= 11 is 18.2. The van der Waals surface area contributed by atoms with Crippen molar-refractivity contribution in [2.45, 2.75) is 6.04 Å². The molecule has 0 amide bonds. The fraction of sp³-hybridized carbons (Fsp3) is 0.0769. The van der Waals surface area contributed by atoms with Gasteiger partial charge in [-0.05, 0) is 35.4 Å².